The third kappa shape index (κ3) is 4.49. The fraction of sp³-hybridized carbons (Fsp3) is 0.421. The van der Waals surface area contributed by atoms with Crippen LogP contribution in [-0.4, -0.2) is 47.4 Å². The lowest BCUT2D eigenvalue weighted by atomic mass is 10.0. The van der Waals surface area contributed by atoms with Gasteiger partial charge in [0.05, 0.1) is 30.8 Å². The molecule has 0 fully saturated rings. The summed E-state index contributed by atoms with van der Waals surface area (Å²) in [5.41, 5.74) is 1.50. The van der Waals surface area contributed by atoms with Gasteiger partial charge in [0.25, 0.3) is 5.91 Å². The number of rotatable bonds is 5. The number of hydrogen-bond donors (Lipinski definition) is 1. The van der Waals surface area contributed by atoms with Crippen molar-refractivity contribution in [2.45, 2.75) is 37.9 Å². The van der Waals surface area contributed by atoms with Crippen LogP contribution in [0.4, 0.5) is 13.2 Å². The second-order valence-electron chi connectivity index (χ2n) is 6.99. The summed E-state index contributed by atoms with van der Waals surface area (Å²) in [4.78, 5) is 12.5. The van der Waals surface area contributed by atoms with Gasteiger partial charge in [-0.25, -0.2) is 4.68 Å². The molecule has 158 valence electrons. The topological polar surface area (TPSA) is 98.4 Å². The minimum absolute atomic E-state index is 0.0495. The highest BCUT2D eigenvalue weighted by Gasteiger charge is 2.32. The molecule has 0 saturated heterocycles. The average Bonchev–Trinajstić information content (AvgIpc) is 3.25. The highest BCUT2D eigenvalue weighted by Crippen LogP contribution is 2.27. The van der Waals surface area contributed by atoms with E-state index in [1.807, 2.05) is 0 Å². The Morgan fingerprint density at radius 3 is 2.97 bits per heavy atom. The number of alkyl halides is 3. The Morgan fingerprint density at radius 2 is 2.23 bits per heavy atom. The maximum atomic E-state index is 12.5. The molecule has 1 aromatic carbocycles. The number of fused-ring (bicyclic) bond motifs is 2. The summed E-state index contributed by atoms with van der Waals surface area (Å²) < 4.78 is 52.5. The SMILES string of the molecule is N#Cc1ccc2c(c1)C[C@@H](NC(=O)c1cc3n(n1)C[C@H](CCOC(F)(F)F)O3)CO2. The van der Waals surface area contributed by atoms with E-state index in [9.17, 15) is 18.0 Å². The summed E-state index contributed by atoms with van der Waals surface area (Å²) in [5.74, 6) is 0.599. The molecule has 0 saturated carbocycles. The molecule has 2 atom stereocenters. The van der Waals surface area contributed by atoms with Crippen LogP contribution >= 0.6 is 0 Å². The van der Waals surface area contributed by atoms with Gasteiger partial charge in [0.1, 0.15) is 18.5 Å². The zero-order valence-electron chi connectivity index (χ0n) is 15.6. The van der Waals surface area contributed by atoms with Crippen LogP contribution in [0.25, 0.3) is 0 Å². The summed E-state index contributed by atoms with van der Waals surface area (Å²) >= 11 is 0. The molecular formula is C19H17F3N4O4. The highest BCUT2D eigenvalue weighted by atomic mass is 19.4. The maximum Gasteiger partial charge on any atom is 0.522 e. The van der Waals surface area contributed by atoms with Crippen LogP contribution in [0.15, 0.2) is 24.3 Å². The predicted octanol–water partition coefficient (Wildman–Crippen LogP) is 2.18. The second-order valence-corrected chi connectivity index (χ2v) is 6.99. The summed E-state index contributed by atoms with van der Waals surface area (Å²) in [6.45, 7) is 0.0136. The van der Waals surface area contributed by atoms with Crippen molar-refractivity contribution in [1.82, 2.24) is 15.1 Å². The van der Waals surface area contributed by atoms with Crippen LogP contribution in [0, 0.1) is 11.3 Å². The van der Waals surface area contributed by atoms with Crippen LogP contribution < -0.4 is 14.8 Å². The molecule has 2 aromatic rings. The monoisotopic (exact) mass is 422 g/mol. The van der Waals surface area contributed by atoms with Crippen molar-refractivity contribution in [3.8, 4) is 17.7 Å². The van der Waals surface area contributed by atoms with Gasteiger partial charge in [-0.15, -0.1) is 13.2 Å². The molecule has 0 bridgehead atoms. The molecule has 1 aromatic heterocycles. The minimum atomic E-state index is -4.67. The molecule has 2 aliphatic heterocycles. The summed E-state index contributed by atoms with van der Waals surface area (Å²) in [7, 11) is 0. The van der Waals surface area contributed by atoms with Gasteiger partial charge in [-0.1, -0.05) is 0 Å². The predicted molar refractivity (Wildman–Crippen MR) is 94.9 cm³/mol. The fourth-order valence-corrected chi connectivity index (χ4v) is 3.41. The van der Waals surface area contributed by atoms with Gasteiger partial charge in [0.15, 0.2) is 5.69 Å². The first kappa shape index (κ1) is 20.0. The number of hydrogen-bond acceptors (Lipinski definition) is 6. The Balaban J connectivity index is 1.31. The molecule has 11 heteroatoms. The molecule has 30 heavy (non-hydrogen) atoms. The van der Waals surface area contributed by atoms with E-state index in [0.29, 0.717) is 23.6 Å². The number of benzene rings is 1. The molecule has 1 N–H and O–H groups in total. The van der Waals surface area contributed by atoms with E-state index in [4.69, 9.17) is 14.7 Å². The Hall–Kier alpha value is -3.26. The zero-order valence-corrected chi connectivity index (χ0v) is 15.6. The number of ether oxygens (including phenoxy) is 3. The van der Waals surface area contributed by atoms with E-state index >= 15 is 0 Å². The Bertz CT molecular complexity index is 975. The van der Waals surface area contributed by atoms with Gasteiger partial charge >= 0.3 is 6.36 Å². The van der Waals surface area contributed by atoms with E-state index in [-0.39, 0.29) is 31.3 Å². The quantitative estimate of drug-likeness (QED) is 0.793. The fourth-order valence-electron chi connectivity index (χ4n) is 3.41. The molecule has 0 aliphatic carbocycles. The number of aromatic nitrogens is 2. The Morgan fingerprint density at radius 1 is 1.40 bits per heavy atom. The van der Waals surface area contributed by atoms with Gasteiger partial charge in [-0.3, -0.25) is 9.53 Å². The first-order valence-corrected chi connectivity index (χ1v) is 9.22. The van der Waals surface area contributed by atoms with E-state index in [1.165, 1.54) is 10.7 Å². The van der Waals surface area contributed by atoms with Crippen LogP contribution in [0.1, 0.15) is 28.0 Å². The lowest BCUT2D eigenvalue weighted by Gasteiger charge is -2.26. The minimum Gasteiger partial charge on any atom is -0.491 e. The second kappa shape index (κ2) is 7.87. The van der Waals surface area contributed by atoms with E-state index in [2.05, 4.69) is 21.2 Å². The van der Waals surface area contributed by atoms with Crippen LogP contribution in [0.5, 0.6) is 11.6 Å². The van der Waals surface area contributed by atoms with Gasteiger partial charge in [-0.2, -0.15) is 10.4 Å². The van der Waals surface area contributed by atoms with Crippen LogP contribution in [0.3, 0.4) is 0 Å². The van der Waals surface area contributed by atoms with E-state index < -0.39 is 25.0 Å². The molecule has 8 nitrogen and oxygen atoms in total. The molecule has 2 aliphatic rings. The van der Waals surface area contributed by atoms with Crippen LogP contribution in [0.2, 0.25) is 0 Å². The maximum absolute atomic E-state index is 12.5. The number of nitrogens with zero attached hydrogens (tertiary/aromatic N) is 3. The van der Waals surface area contributed by atoms with Gasteiger partial charge in [0.2, 0.25) is 5.88 Å². The summed E-state index contributed by atoms with van der Waals surface area (Å²) in [6, 6.07) is 8.37. The van der Waals surface area contributed by atoms with Gasteiger partial charge < -0.3 is 14.8 Å². The lowest BCUT2D eigenvalue weighted by Crippen LogP contribution is -2.43. The van der Waals surface area contributed by atoms with E-state index in [0.717, 1.165) is 5.56 Å². The van der Waals surface area contributed by atoms with E-state index in [1.54, 1.807) is 18.2 Å². The van der Waals surface area contributed by atoms with Crippen molar-refractivity contribution in [2.75, 3.05) is 13.2 Å². The van der Waals surface area contributed by atoms with Crippen molar-refractivity contribution in [1.29, 1.82) is 5.26 Å². The number of amides is 1. The van der Waals surface area contributed by atoms with Gasteiger partial charge in [-0.05, 0) is 30.2 Å². The first-order chi connectivity index (χ1) is 14.3. The smallest absolute Gasteiger partial charge is 0.491 e. The van der Waals surface area contributed by atoms with Gasteiger partial charge in [0, 0.05) is 12.5 Å². The van der Waals surface area contributed by atoms with Crippen molar-refractivity contribution < 1.29 is 32.2 Å². The number of carbonyl (C=O) groups excluding carboxylic acids is 1. The standard InChI is InChI=1S/C19H17F3N4O4/c20-19(21,22)29-4-3-14-9-26-17(30-14)7-15(25-26)18(27)24-13-6-12-5-11(8-23)1-2-16(12)28-10-13/h1-2,5,7,13-14H,3-4,6,9-10H2,(H,24,27)/t13-,14+/m1/s1. The van der Waals surface area contributed by atoms with Crippen molar-refractivity contribution >= 4 is 5.91 Å². The third-order valence-corrected chi connectivity index (χ3v) is 4.78. The number of halogens is 3. The normalized spacial score (nSPS) is 19.8. The van der Waals surface area contributed by atoms with Crippen molar-refractivity contribution in [3.63, 3.8) is 0 Å². The highest BCUT2D eigenvalue weighted by molar-refractivity contribution is 5.92. The molecule has 1 amide bonds. The number of nitriles is 1. The number of nitrogens with one attached hydrogen (secondary N) is 1. The first-order valence-electron chi connectivity index (χ1n) is 9.22. The largest absolute Gasteiger partial charge is 0.522 e. The third-order valence-electron chi connectivity index (χ3n) is 4.78. The molecule has 0 spiro atoms. The lowest BCUT2D eigenvalue weighted by molar-refractivity contribution is -0.325. The van der Waals surface area contributed by atoms with Crippen molar-refractivity contribution in [3.05, 3.63) is 41.1 Å². The van der Waals surface area contributed by atoms with Crippen molar-refractivity contribution in [2.24, 2.45) is 0 Å². The zero-order chi connectivity index (χ0) is 21.3. The molecule has 0 radical (unpaired) electrons. The summed E-state index contributed by atoms with van der Waals surface area (Å²) in [5, 5.41) is 16.0. The molecule has 0 unspecified atom stereocenters. The Kier molecular flexibility index (Phi) is 5.26. The molecule has 4 rings (SSSR count). The average molecular weight is 422 g/mol. The molecule has 3 heterocycles. The van der Waals surface area contributed by atoms with Crippen LogP contribution in [-0.2, 0) is 17.7 Å². The number of carbonyl (C=O) groups is 1. The molecular weight excluding hydrogens is 405 g/mol. The summed E-state index contributed by atoms with van der Waals surface area (Å²) in [6.07, 6.45) is -4.60. The Labute approximate surface area is 169 Å².